The van der Waals surface area contributed by atoms with Gasteiger partial charge in [-0.1, -0.05) is 36.0 Å². The van der Waals surface area contributed by atoms with Gasteiger partial charge in [0.25, 0.3) is 0 Å². The number of thioether (sulfide) groups is 1. The number of ether oxygens (including phenoxy) is 1. The SMILES string of the molecule is c1ccc(-n2c(SCc3cccnc3)nnc2N2CCOCC2)cc1. The van der Waals surface area contributed by atoms with Gasteiger partial charge in [0.05, 0.1) is 18.9 Å². The van der Waals surface area contributed by atoms with Gasteiger partial charge >= 0.3 is 0 Å². The van der Waals surface area contributed by atoms with Gasteiger partial charge in [0.2, 0.25) is 5.95 Å². The predicted octanol–water partition coefficient (Wildman–Crippen LogP) is 2.79. The summed E-state index contributed by atoms with van der Waals surface area (Å²) in [6.45, 7) is 3.11. The van der Waals surface area contributed by atoms with Gasteiger partial charge in [-0.3, -0.25) is 9.55 Å². The number of morpholine rings is 1. The number of nitrogens with zero attached hydrogens (tertiary/aromatic N) is 5. The van der Waals surface area contributed by atoms with Crippen LogP contribution in [0.3, 0.4) is 0 Å². The highest BCUT2D eigenvalue weighted by atomic mass is 32.2. The highest BCUT2D eigenvalue weighted by molar-refractivity contribution is 7.98. The highest BCUT2D eigenvalue weighted by Crippen LogP contribution is 2.28. The molecule has 0 spiro atoms. The van der Waals surface area contributed by atoms with Crippen molar-refractivity contribution in [2.24, 2.45) is 0 Å². The fourth-order valence-electron chi connectivity index (χ4n) is 2.76. The first-order valence-electron chi connectivity index (χ1n) is 8.27. The van der Waals surface area contributed by atoms with Gasteiger partial charge in [-0.2, -0.15) is 0 Å². The van der Waals surface area contributed by atoms with Crippen LogP contribution in [0.25, 0.3) is 5.69 Å². The minimum Gasteiger partial charge on any atom is -0.378 e. The molecule has 1 aromatic carbocycles. The number of hydrogen-bond acceptors (Lipinski definition) is 6. The van der Waals surface area contributed by atoms with E-state index in [1.807, 2.05) is 30.5 Å². The maximum absolute atomic E-state index is 5.47. The van der Waals surface area contributed by atoms with Crippen LogP contribution in [0.4, 0.5) is 5.95 Å². The zero-order valence-corrected chi connectivity index (χ0v) is 14.6. The van der Waals surface area contributed by atoms with Crippen molar-refractivity contribution in [1.29, 1.82) is 0 Å². The van der Waals surface area contributed by atoms with E-state index in [4.69, 9.17) is 4.74 Å². The number of anilines is 1. The Morgan fingerprint density at radius 2 is 1.84 bits per heavy atom. The van der Waals surface area contributed by atoms with Gasteiger partial charge in [0.15, 0.2) is 5.16 Å². The molecule has 6 nitrogen and oxygen atoms in total. The minimum absolute atomic E-state index is 0.722. The van der Waals surface area contributed by atoms with Crippen molar-refractivity contribution in [2.75, 3.05) is 31.2 Å². The third-order valence-corrected chi connectivity index (χ3v) is 5.02. The van der Waals surface area contributed by atoms with Crippen molar-refractivity contribution in [3.05, 3.63) is 60.4 Å². The van der Waals surface area contributed by atoms with Crippen LogP contribution in [0.2, 0.25) is 0 Å². The summed E-state index contributed by atoms with van der Waals surface area (Å²) < 4.78 is 7.60. The molecule has 4 rings (SSSR count). The van der Waals surface area contributed by atoms with Gasteiger partial charge in [0, 0.05) is 31.2 Å². The van der Waals surface area contributed by atoms with Crippen LogP contribution in [-0.2, 0) is 10.5 Å². The van der Waals surface area contributed by atoms with Crippen LogP contribution in [0.5, 0.6) is 0 Å². The third-order valence-electron chi connectivity index (χ3n) is 4.02. The molecule has 3 aromatic rings. The summed E-state index contributed by atoms with van der Waals surface area (Å²) >= 11 is 1.67. The molecule has 0 aliphatic carbocycles. The van der Waals surface area contributed by atoms with Gasteiger partial charge < -0.3 is 9.64 Å². The third kappa shape index (κ3) is 3.67. The second kappa shape index (κ2) is 7.67. The first kappa shape index (κ1) is 16.1. The lowest BCUT2D eigenvalue weighted by molar-refractivity contribution is 0.122. The Balaban J connectivity index is 1.65. The van der Waals surface area contributed by atoms with Gasteiger partial charge in [-0.25, -0.2) is 0 Å². The average molecular weight is 353 g/mol. The van der Waals surface area contributed by atoms with E-state index in [-0.39, 0.29) is 0 Å². The Kier molecular flexibility index (Phi) is 4.94. The van der Waals surface area contributed by atoms with E-state index in [9.17, 15) is 0 Å². The summed E-state index contributed by atoms with van der Waals surface area (Å²) in [5, 5.41) is 9.82. The molecular formula is C18H19N5OS. The van der Waals surface area contributed by atoms with Gasteiger partial charge in [-0.05, 0) is 23.8 Å². The Bertz CT molecular complexity index is 803. The van der Waals surface area contributed by atoms with Crippen molar-refractivity contribution in [3.8, 4) is 5.69 Å². The molecule has 0 amide bonds. The average Bonchev–Trinajstić information content (AvgIpc) is 3.12. The molecule has 25 heavy (non-hydrogen) atoms. The molecule has 3 heterocycles. The summed E-state index contributed by atoms with van der Waals surface area (Å²) in [6, 6.07) is 14.3. The fourth-order valence-corrected chi connectivity index (χ4v) is 3.64. The molecule has 0 saturated carbocycles. The maximum Gasteiger partial charge on any atom is 0.232 e. The lowest BCUT2D eigenvalue weighted by Gasteiger charge is -2.27. The van der Waals surface area contributed by atoms with E-state index in [0.29, 0.717) is 0 Å². The van der Waals surface area contributed by atoms with Crippen molar-refractivity contribution in [1.82, 2.24) is 19.7 Å². The molecule has 0 unspecified atom stereocenters. The number of rotatable bonds is 5. The van der Waals surface area contributed by atoms with Crippen LogP contribution in [0.1, 0.15) is 5.56 Å². The molecule has 128 valence electrons. The highest BCUT2D eigenvalue weighted by Gasteiger charge is 2.21. The number of pyridine rings is 1. The Labute approximate surface area is 150 Å². The molecular weight excluding hydrogens is 334 g/mol. The summed E-state index contributed by atoms with van der Waals surface area (Å²) in [5.41, 5.74) is 2.24. The van der Waals surface area contributed by atoms with Crippen LogP contribution >= 0.6 is 11.8 Å². The molecule has 1 aliphatic heterocycles. The molecule has 1 fully saturated rings. The molecule has 1 aliphatic rings. The second-order valence-corrected chi connectivity index (χ2v) is 6.65. The van der Waals surface area contributed by atoms with Crippen LogP contribution in [0, 0.1) is 0 Å². The summed E-state index contributed by atoms with van der Waals surface area (Å²) in [6.07, 6.45) is 3.68. The van der Waals surface area contributed by atoms with Crippen molar-refractivity contribution in [3.63, 3.8) is 0 Å². The summed E-state index contributed by atoms with van der Waals surface area (Å²) in [5.74, 6) is 1.69. The normalized spacial score (nSPS) is 14.6. The molecule has 0 atom stereocenters. The monoisotopic (exact) mass is 353 g/mol. The Hall–Kier alpha value is -2.38. The quantitative estimate of drug-likeness (QED) is 0.658. The predicted molar refractivity (Wildman–Crippen MR) is 98.2 cm³/mol. The Morgan fingerprint density at radius 1 is 1.00 bits per heavy atom. The van der Waals surface area contributed by atoms with Gasteiger partial charge in [-0.15, -0.1) is 10.2 Å². The number of aromatic nitrogens is 4. The maximum atomic E-state index is 5.47. The number of hydrogen-bond donors (Lipinski definition) is 0. The lowest BCUT2D eigenvalue weighted by atomic mass is 10.3. The molecule has 0 bridgehead atoms. The zero-order valence-electron chi connectivity index (χ0n) is 13.8. The van der Waals surface area contributed by atoms with E-state index in [0.717, 1.165) is 48.8 Å². The van der Waals surface area contributed by atoms with E-state index in [1.165, 1.54) is 5.56 Å². The topological polar surface area (TPSA) is 56.1 Å². The fraction of sp³-hybridized carbons (Fsp3) is 0.278. The molecule has 0 N–H and O–H groups in total. The van der Waals surface area contributed by atoms with E-state index in [1.54, 1.807) is 18.0 Å². The van der Waals surface area contributed by atoms with Crippen LogP contribution in [-0.4, -0.2) is 46.1 Å². The van der Waals surface area contributed by atoms with Crippen molar-refractivity contribution >= 4 is 17.7 Å². The molecule has 0 radical (unpaired) electrons. The van der Waals surface area contributed by atoms with Gasteiger partial charge in [0.1, 0.15) is 0 Å². The number of benzene rings is 1. The van der Waals surface area contributed by atoms with Crippen LogP contribution in [0.15, 0.2) is 60.0 Å². The largest absolute Gasteiger partial charge is 0.378 e. The van der Waals surface area contributed by atoms with Crippen molar-refractivity contribution < 1.29 is 4.74 Å². The summed E-state index contributed by atoms with van der Waals surface area (Å²) in [4.78, 5) is 6.41. The van der Waals surface area contributed by atoms with E-state index >= 15 is 0 Å². The van der Waals surface area contributed by atoms with Crippen molar-refractivity contribution in [2.45, 2.75) is 10.9 Å². The minimum atomic E-state index is 0.722. The zero-order chi connectivity index (χ0) is 16.9. The first-order valence-corrected chi connectivity index (χ1v) is 9.25. The van der Waals surface area contributed by atoms with E-state index < -0.39 is 0 Å². The molecule has 7 heteroatoms. The Morgan fingerprint density at radius 3 is 2.60 bits per heavy atom. The molecule has 2 aromatic heterocycles. The summed E-state index contributed by atoms with van der Waals surface area (Å²) in [7, 11) is 0. The van der Waals surface area contributed by atoms with Crippen LogP contribution < -0.4 is 4.90 Å². The van der Waals surface area contributed by atoms with E-state index in [2.05, 4.69) is 42.8 Å². The lowest BCUT2D eigenvalue weighted by Crippen LogP contribution is -2.37. The second-order valence-electron chi connectivity index (χ2n) is 5.70. The first-order chi connectivity index (χ1) is 12.4. The standard InChI is InChI=1S/C18H19N5OS/c1-2-6-16(7-3-1)23-17(22-9-11-24-12-10-22)20-21-18(23)25-14-15-5-4-8-19-13-15/h1-8,13H,9-12,14H2. The molecule has 1 saturated heterocycles. The number of para-hydroxylation sites is 1. The smallest absolute Gasteiger partial charge is 0.232 e.